The molecule has 4 aromatic rings. The summed E-state index contributed by atoms with van der Waals surface area (Å²) in [7, 11) is 1.34. The Morgan fingerprint density at radius 1 is 1.12 bits per heavy atom. The highest BCUT2D eigenvalue weighted by molar-refractivity contribution is 7.18. The first-order valence-electron chi connectivity index (χ1n) is 9.86. The lowest BCUT2D eigenvalue weighted by molar-refractivity contribution is -0.141. The lowest BCUT2D eigenvalue weighted by atomic mass is 10.0. The number of nitrogens with zero attached hydrogens (tertiary/aromatic N) is 2. The molecule has 0 aliphatic carbocycles. The zero-order chi connectivity index (χ0) is 23.8. The van der Waals surface area contributed by atoms with E-state index in [1.165, 1.54) is 23.0 Å². The van der Waals surface area contributed by atoms with Gasteiger partial charge in [-0.05, 0) is 47.9 Å². The van der Waals surface area contributed by atoms with Crippen LogP contribution in [0.2, 0.25) is 5.02 Å². The normalized spacial score (nSPS) is 11.6. The standard InChI is InChI=1S/C24H18ClF3N2O2S/c1-14-11-15(12-22(31)32-2)7-8-16(14)19-9-10-20(33-19)23-29-21(24(26,27)28)13-30(23)18-6-4-3-5-17(18)25/h3-11,13H,12H2,1-2H3. The molecule has 0 N–H and O–H groups in total. The summed E-state index contributed by atoms with van der Waals surface area (Å²) < 4.78 is 46.4. The fourth-order valence-electron chi connectivity index (χ4n) is 3.48. The minimum Gasteiger partial charge on any atom is -0.469 e. The predicted molar refractivity (Wildman–Crippen MR) is 123 cm³/mol. The molecule has 4 rings (SSSR count). The van der Waals surface area contributed by atoms with Crippen LogP contribution in [0.5, 0.6) is 0 Å². The molecule has 170 valence electrons. The lowest BCUT2D eigenvalue weighted by Crippen LogP contribution is -2.04. The molecule has 4 nitrogen and oxygen atoms in total. The number of para-hydroxylation sites is 1. The summed E-state index contributed by atoms with van der Waals surface area (Å²) >= 11 is 7.60. The molecule has 2 heterocycles. The van der Waals surface area contributed by atoms with Crippen molar-refractivity contribution in [3.05, 3.63) is 82.6 Å². The quantitative estimate of drug-likeness (QED) is 0.284. The number of carbonyl (C=O) groups excluding carboxylic acids is 1. The average molecular weight is 491 g/mol. The molecule has 33 heavy (non-hydrogen) atoms. The van der Waals surface area contributed by atoms with Gasteiger partial charge in [0.25, 0.3) is 0 Å². The van der Waals surface area contributed by atoms with Crippen LogP contribution in [0.4, 0.5) is 13.2 Å². The van der Waals surface area contributed by atoms with Crippen molar-refractivity contribution in [1.82, 2.24) is 9.55 Å². The molecule has 0 amide bonds. The number of ether oxygens (including phenoxy) is 1. The number of benzene rings is 2. The van der Waals surface area contributed by atoms with Crippen LogP contribution in [0.3, 0.4) is 0 Å². The maximum Gasteiger partial charge on any atom is 0.434 e. The minimum absolute atomic E-state index is 0.159. The summed E-state index contributed by atoms with van der Waals surface area (Å²) in [6.07, 6.45) is -3.46. The van der Waals surface area contributed by atoms with E-state index in [-0.39, 0.29) is 18.2 Å². The van der Waals surface area contributed by atoms with Crippen LogP contribution in [0.1, 0.15) is 16.8 Å². The number of thiophene rings is 1. The number of alkyl halides is 3. The zero-order valence-corrected chi connectivity index (χ0v) is 19.2. The second-order valence-electron chi connectivity index (χ2n) is 7.34. The molecule has 2 aromatic carbocycles. The molecule has 0 aliphatic heterocycles. The van der Waals surface area contributed by atoms with E-state index in [9.17, 15) is 18.0 Å². The third-order valence-corrected chi connectivity index (χ3v) is 6.50. The van der Waals surface area contributed by atoms with E-state index in [2.05, 4.69) is 4.98 Å². The molecule has 2 aromatic heterocycles. The van der Waals surface area contributed by atoms with Gasteiger partial charge >= 0.3 is 12.1 Å². The summed E-state index contributed by atoms with van der Waals surface area (Å²) in [5.41, 5.74) is 2.11. The van der Waals surface area contributed by atoms with Gasteiger partial charge in [0, 0.05) is 11.1 Å². The second kappa shape index (κ2) is 9.03. The summed E-state index contributed by atoms with van der Waals surface area (Å²) in [5.74, 6) is -0.168. The monoisotopic (exact) mass is 490 g/mol. The van der Waals surface area contributed by atoms with Crippen molar-refractivity contribution >= 4 is 28.9 Å². The van der Waals surface area contributed by atoms with Gasteiger partial charge in [-0.15, -0.1) is 11.3 Å². The number of carbonyl (C=O) groups is 1. The lowest BCUT2D eigenvalue weighted by Gasteiger charge is -2.08. The highest BCUT2D eigenvalue weighted by Crippen LogP contribution is 2.39. The Kier molecular flexibility index (Phi) is 6.32. The number of hydrogen-bond donors (Lipinski definition) is 0. The highest BCUT2D eigenvalue weighted by atomic mass is 35.5. The summed E-state index contributed by atoms with van der Waals surface area (Å²) in [4.78, 5) is 16.9. The van der Waals surface area contributed by atoms with Gasteiger partial charge in [0.1, 0.15) is 0 Å². The van der Waals surface area contributed by atoms with Crippen molar-refractivity contribution in [2.24, 2.45) is 0 Å². The van der Waals surface area contributed by atoms with E-state index >= 15 is 0 Å². The van der Waals surface area contributed by atoms with E-state index in [0.29, 0.717) is 15.6 Å². The van der Waals surface area contributed by atoms with E-state index in [0.717, 1.165) is 27.8 Å². The number of esters is 1. The third kappa shape index (κ3) is 4.82. The Bertz CT molecular complexity index is 1330. The van der Waals surface area contributed by atoms with Crippen molar-refractivity contribution in [3.63, 3.8) is 0 Å². The van der Waals surface area contributed by atoms with Crippen molar-refractivity contribution in [2.75, 3.05) is 7.11 Å². The number of imidazole rings is 1. The van der Waals surface area contributed by atoms with Gasteiger partial charge in [0.2, 0.25) is 0 Å². The first kappa shape index (κ1) is 23.1. The molecule has 0 saturated heterocycles. The maximum atomic E-state index is 13.5. The van der Waals surface area contributed by atoms with Gasteiger partial charge in [-0.1, -0.05) is 41.9 Å². The predicted octanol–water partition coefficient (Wildman–Crippen LogP) is 6.96. The molecule has 0 spiro atoms. The Labute approximate surface area is 197 Å². The molecule has 0 radical (unpaired) electrons. The maximum absolute atomic E-state index is 13.5. The number of methoxy groups -OCH3 is 1. The summed E-state index contributed by atoms with van der Waals surface area (Å²) in [5, 5.41) is 0.318. The van der Waals surface area contributed by atoms with Crippen LogP contribution in [0.25, 0.3) is 26.8 Å². The average Bonchev–Trinajstić information content (AvgIpc) is 3.41. The Balaban J connectivity index is 1.75. The van der Waals surface area contributed by atoms with Crippen LogP contribution >= 0.6 is 22.9 Å². The molecule has 0 bridgehead atoms. The number of hydrogen-bond acceptors (Lipinski definition) is 4. The van der Waals surface area contributed by atoms with Crippen LogP contribution in [0, 0.1) is 6.92 Å². The molecule has 0 saturated carbocycles. The van der Waals surface area contributed by atoms with Gasteiger partial charge in [0.05, 0.1) is 29.1 Å². The summed E-state index contributed by atoms with van der Waals surface area (Å²) in [6.45, 7) is 1.92. The SMILES string of the molecule is COC(=O)Cc1ccc(-c2ccc(-c3nc(C(F)(F)F)cn3-c3ccccc3Cl)s2)c(C)c1. The summed E-state index contributed by atoms with van der Waals surface area (Å²) in [6, 6.07) is 15.9. The van der Waals surface area contributed by atoms with E-state index in [4.69, 9.17) is 16.3 Å². The Morgan fingerprint density at radius 2 is 1.85 bits per heavy atom. The number of aromatic nitrogens is 2. The van der Waals surface area contributed by atoms with Crippen molar-refractivity contribution in [1.29, 1.82) is 0 Å². The highest BCUT2D eigenvalue weighted by Gasteiger charge is 2.35. The second-order valence-corrected chi connectivity index (χ2v) is 8.83. The molecule has 0 unspecified atom stereocenters. The molecular formula is C24H18ClF3N2O2S. The third-order valence-electron chi connectivity index (χ3n) is 5.07. The number of rotatable bonds is 5. The van der Waals surface area contributed by atoms with Crippen molar-refractivity contribution < 1.29 is 22.7 Å². The van der Waals surface area contributed by atoms with Crippen molar-refractivity contribution in [2.45, 2.75) is 19.5 Å². The molecule has 0 atom stereocenters. The van der Waals surface area contributed by atoms with Gasteiger partial charge < -0.3 is 4.74 Å². The van der Waals surface area contributed by atoms with Crippen LogP contribution in [-0.2, 0) is 22.1 Å². The molecule has 9 heteroatoms. The fraction of sp³-hybridized carbons (Fsp3) is 0.167. The molecule has 0 aliphatic rings. The first-order valence-corrected chi connectivity index (χ1v) is 11.0. The van der Waals surface area contributed by atoms with E-state index in [1.807, 2.05) is 31.2 Å². The zero-order valence-electron chi connectivity index (χ0n) is 17.6. The molecule has 0 fully saturated rings. The van der Waals surface area contributed by atoms with Gasteiger partial charge in [-0.25, -0.2) is 4.98 Å². The van der Waals surface area contributed by atoms with Gasteiger partial charge in [0.15, 0.2) is 11.5 Å². The molecular weight excluding hydrogens is 473 g/mol. The Morgan fingerprint density at radius 3 is 2.52 bits per heavy atom. The number of halogens is 4. The first-order chi connectivity index (χ1) is 15.7. The topological polar surface area (TPSA) is 44.1 Å². The fourth-order valence-corrected chi connectivity index (χ4v) is 4.79. The Hall–Kier alpha value is -3.10. The van der Waals surface area contributed by atoms with Gasteiger partial charge in [-0.3, -0.25) is 9.36 Å². The van der Waals surface area contributed by atoms with E-state index < -0.39 is 11.9 Å². The number of aryl methyl sites for hydroxylation is 1. The van der Waals surface area contributed by atoms with Crippen LogP contribution < -0.4 is 0 Å². The van der Waals surface area contributed by atoms with Crippen LogP contribution in [0.15, 0.2) is 60.8 Å². The van der Waals surface area contributed by atoms with Gasteiger partial charge in [-0.2, -0.15) is 13.2 Å². The van der Waals surface area contributed by atoms with E-state index in [1.54, 1.807) is 30.3 Å². The minimum atomic E-state index is -4.59. The smallest absolute Gasteiger partial charge is 0.434 e. The largest absolute Gasteiger partial charge is 0.469 e. The van der Waals surface area contributed by atoms with Crippen LogP contribution in [-0.4, -0.2) is 22.6 Å². The van der Waals surface area contributed by atoms with Crippen molar-refractivity contribution in [3.8, 4) is 26.8 Å².